The Morgan fingerprint density at radius 1 is 1.05 bits per heavy atom. The fraction of sp³-hybridized carbons (Fsp3) is 0.562. The maximum absolute atomic E-state index is 8.08. The lowest BCUT2D eigenvalue weighted by Crippen LogP contribution is -2.45. The van der Waals surface area contributed by atoms with Gasteiger partial charge in [-0.1, -0.05) is 51.0 Å². The predicted molar refractivity (Wildman–Crippen MR) is 79.8 cm³/mol. The summed E-state index contributed by atoms with van der Waals surface area (Å²) < 4.78 is 12.0. The van der Waals surface area contributed by atoms with Gasteiger partial charge in [-0.05, 0) is 12.8 Å². The van der Waals surface area contributed by atoms with E-state index in [2.05, 4.69) is 19.2 Å². The maximum atomic E-state index is 8.08. The number of amidine groups is 1. The van der Waals surface area contributed by atoms with E-state index in [0.29, 0.717) is 19.0 Å². The molecule has 0 saturated heterocycles. The molecule has 1 aromatic carbocycles. The van der Waals surface area contributed by atoms with Crippen molar-refractivity contribution in [2.24, 2.45) is 0 Å². The van der Waals surface area contributed by atoms with Crippen LogP contribution in [0.15, 0.2) is 24.3 Å². The number of hydrogen-bond acceptors (Lipinski definition) is 3. The Morgan fingerprint density at radius 2 is 1.65 bits per heavy atom. The first kappa shape index (κ1) is 15.0. The van der Waals surface area contributed by atoms with E-state index in [-0.39, 0.29) is 0 Å². The molecule has 0 aromatic heterocycles. The van der Waals surface area contributed by atoms with Gasteiger partial charge in [0.2, 0.25) is 0 Å². The first-order valence-electron chi connectivity index (χ1n) is 7.48. The Morgan fingerprint density at radius 3 is 2.25 bits per heavy atom. The van der Waals surface area contributed by atoms with Crippen molar-refractivity contribution in [1.29, 1.82) is 5.41 Å². The van der Waals surface area contributed by atoms with E-state index in [0.717, 1.165) is 36.8 Å². The Hall–Kier alpha value is -1.39. The standard InChI is InChI=1S/C16H24N2O2/c1-3-5-11-19-16(20-12-6-4-2)14-10-8-7-9-13(14)15(17)18-16/h7-10H,3-6,11-12H2,1-2H3,(H2,17,18). The first-order chi connectivity index (χ1) is 9.73. The minimum absolute atomic E-state index is 0.369. The zero-order chi connectivity index (χ0) is 14.4. The first-order valence-corrected chi connectivity index (χ1v) is 7.48. The van der Waals surface area contributed by atoms with Crippen LogP contribution in [-0.4, -0.2) is 19.0 Å². The molecule has 4 heteroatoms. The summed E-state index contributed by atoms with van der Waals surface area (Å²) in [6.45, 7) is 5.51. The topological polar surface area (TPSA) is 54.3 Å². The molecular weight excluding hydrogens is 252 g/mol. The lowest BCUT2D eigenvalue weighted by molar-refractivity contribution is -0.255. The van der Waals surface area contributed by atoms with E-state index in [4.69, 9.17) is 14.9 Å². The van der Waals surface area contributed by atoms with Crippen LogP contribution < -0.4 is 5.32 Å². The monoisotopic (exact) mass is 276 g/mol. The number of benzene rings is 1. The van der Waals surface area contributed by atoms with Gasteiger partial charge < -0.3 is 14.8 Å². The molecule has 1 aliphatic heterocycles. The highest BCUT2D eigenvalue weighted by Gasteiger charge is 2.43. The van der Waals surface area contributed by atoms with E-state index in [9.17, 15) is 0 Å². The number of nitrogens with one attached hydrogen (secondary N) is 2. The smallest absolute Gasteiger partial charge is 0.279 e. The molecule has 110 valence electrons. The van der Waals surface area contributed by atoms with E-state index in [1.807, 2.05) is 24.3 Å². The second-order valence-corrected chi connectivity index (χ2v) is 5.07. The van der Waals surface area contributed by atoms with Crippen molar-refractivity contribution in [3.05, 3.63) is 35.4 Å². The largest absolute Gasteiger partial charge is 0.329 e. The van der Waals surface area contributed by atoms with Crippen LogP contribution in [0.25, 0.3) is 0 Å². The summed E-state index contributed by atoms with van der Waals surface area (Å²) in [5.41, 5.74) is 1.78. The predicted octanol–water partition coefficient (Wildman–Crippen LogP) is 3.36. The summed E-state index contributed by atoms with van der Waals surface area (Å²) >= 11 is 0. The summed E-state index contributed by atoms with van der Waals surface area (Å²) in [5.74, 6) is -0.605. The molecule has 2 rings (SSSR count). The van der Waals surface area contributed by atoms with Crippen molar-refractivity contribution in [3.63, 3.8) is 0 Å². The SMILES string of the molecule is CCCCOC1(OCCCC)NC(=N)c2ccccc21. The molecule has 0 radical (unpaired) electrons. The van der Waals surface area contributed by atoms with Gasteiger partial charge in [0, 0.05) is 11.1 Å². The van der Waals surface area contributed by atoms with Crippen molar-refractivity contribution in [1.82, 2.24) is 5.32 Å². The molecule has 0 aliphatic carbocycles. The summed E-state index contributed by atoms with van der Waals surface area (Å²) in [4.78, 5) is 0. The molecule has 1 heterocycles. The van der Waals surface area contributed by atoms with Crippen LogP contribution in [0.3, 0.4) is 0 Å². The summed E-state index contributed by atoms with van der Waals surface area (Å²) in [6.07, 6.45) is 4.11. The number of unbranched alkanes of at least 4 members (excludes halogenated alkanes) is 2. The van der Waals surface area contributed by atoms with Gasteiger partial charge in [0.15, 0.2) is 0 Å². The third kappa shape index (κ3) is 3.02. The van der Waals surface area contributed by atoms with Gasteiger partial charge in [-0.3, -0.25) is 5.41 Å². The Kier molecular flexibility index (Phi) is 5.15. The van der Waals surface area contributed by atoms with Gasteiger partial charge in [0.1, 0.15) is 5.84 Å². The Balaban J connectivity index is 2.21. The number of rotatable bonds is 8. The van der Waals surface area contributed by atoms with Gasteiger partial charge in [0.05, 0.1) is 13.2 Å². The number of fused-ring (bicyclic) bond motifs is 1. The highest BCUT2D eigenvalue weighted by molar-refractivity contribution is 6.01. The quantitative estimate of drug-likeness (QED) is 0.565. The van der Waals surface area contributed by atoms with E-state index in [1.165, 1.54) is 0 Å². The molecule has 1 aliphatic rings. The van der Waals surface area contributed by atoms with E-state index >= 15 is 0 Å². The average molecular weight is 276 g/mol. The molecule has 4 nitrogen and oxygen atoms in total. The van der Waals surface area contributed by atoms with E-state index in [1.54, 1.807) is 0 Å². The van der Waals surface area contributed by atoms with Gasteiger partial charge in [-0.2, -0.15) is 0 Å². The van der Waals surface area contributed by atoms with Crippen molar-refractivity contribution in [2.75, 3.05) is 13.2 Å². The summed E-state index contributed by atoms with van der Waals surface area (Å²) in [6, 6.07) is 7.80. The minimum Gasteiger partial charge on any atom is -0.329 e. The highest BCUT2D eigenvalue weighted by Crippen LogP contribution is 2.33. The van der Waals surface area contributed by atoms with Gasteiger partial charge in [0.25, 0.3) is 5.91 Å². The van der Waals surface area contributed by atoms with Crippen molar-refractivity contribution in [2.45, 2.75) is 45.4 Å². The van der Waals surface area contributed by atoms with Gasteiger partial charge >= 0.3 is 0 Å². The molecule has 0 spiro atoms. The lowest BCUT2D eigenvalue weighted by atomic mass is 10.1. The second kappa shape index (κ2) is 6.86. The third-order valence-electron chi connectivity index (χ3n) is 3.45. The maximum Gasteiger partial charge on any atom is 0.279 e. The van der Waals surface area contributed by atoms with Crippen LogP contribution in [0.4, 0.5) is 0 Å². The Labute approximate surface area is 121 Å². The fourth-order valence-corrected chi connectivity index (χ4v) is 2.28. The number of hydrogen-bond donors (Lipinski definition) is 2. The molecule has 0 saturated carbocycles. The van der Waals surface area contributed by atoms with Crippen molar-refractivity contribution < 1.29 is 9.47 Å². The molecule has 0 bridgehead atoms. The van der Waals surface area contributed by atoms with Crippen LogP contribution >= 0.6 is 0 Å². The highest BCUT2D eigenvalue weighted by atomic mass is 16.7. The summed E-state index contributed by atoms with van der Waals surface area (Å²) in [5, 5.41) is 11.2. The van der Waals surface area contributed by atoms with Crippen LogP contribution in [-0.2, 0) is 15.4 Å². The number of ether oxygens (including phenoxy) is 2. The Bertz CT molecular complexity index is 450. The van der Waals surface area contributed by atoms with Crippen LogP contribution in [0.2, 0.25) is 0 Å². The fourth-order valence-electron chi connectivity index (χ4n) is 2.28. The van der Waals surface area contributed by atoms with Crippen molar-refractivity contribution in [3.8, 4) is 0 Å². The van der Waals surface area contributed by atoms with Crippen molar-refractivity contribution >= 4 is 5.84 Å². The van der Waals surface area contributed by atoms with Crippen LogP contribution in [0, 0.1) is 5.41 Å². The second-order valence-electron chi connectivity index (χ2n) is 5.07. The third-order valence-corrected chi connectivity index (χ3v) is 3.45. The zero-order valence-corrected chi connectivity index (χ0v) is 12.4. The molecule has 0 amide bonds. The molecule has 0 fully saturated rings. The van der Waals surface area contributed by atoms with E-state index < -0.39 is 5.91 Å². The minimum atomic E-state index is -0.974. The lowest BCUT2D eigenvalue weighted by Gasteiger charge is -2.30. The van der Waals surface area contributed by atoms with Crippen LogP contribution in [0.5, 0.6) is 0 Å². The molecule has 1 aromatic rings. The normalized spacial score (nSPS) is 16.0. The van der Waals surface area contributed by atoms with Gasteiger partial charge in [-0.15, -0.1) is 0 Å². The molecule has 20 heavy (non-hydrogen) atoms. The van der Waals surface area contributed by atoms with Gasteiger partial charge in [-0.25, -0.2) is 0 Å². The molecule has 0 unspecified atom stereocenters. The zero-order valence-electron chi connectivity index (χ0n) is 12.4. The molecule has 2 N–H and O–H groups in total. The van der Waals surface area contributed by atoms with Crippen LogP contribution in [0.1, 0.15) is 50.7 Å². The summed E-state index contributed by atoms with van der Waals surface area (Å²) in [7, 11) is 0. The molecular formula is C16H24N2O2. The average Bonchev–Trinajstić information content (AvgIpc) is 2.74. The molecule has 0 atom stereocenters.